The molecule has 0 atom stereocenters. The Hall–Kier alpha value is -2.29. The van der Waals surface area contributed by atoms with Crippen molar-refractivity contribution < 1.29 is 4.74 Å². The molecule has 1 aliphatic heterocycles. The third-order valence-corrected chi connectivity index (χ3v) is 3.29. The standard InChI is InChI=1S/C17H18N2O/c1-2-4-14(5-3-1)12-15-6-8-16(9-7-15)20-13-17-18-10-11-19-17/h1-9H,10-13H2,(H,18,19). The summed E-state index contributed by atoms with van der Waals surface area (Å²) in [7, 11) is 0. The summed E-state index contributed by atoms with van der Waals surface area (Å²) in [5, 5.41) is 3.20. The molecule has 0 aromatic heterocycles. The van der Waals surface area contributed by atoms with Gasteiger partial charge in [0.05, 0.1) is 6.54 Å². The number of hydrogen-bond donors (Lipinski definition) is 1. The van der Waals surface area contributed by atoms with E-state index in [2.05, 4.69) is 46.7 Å². The minimum absolute atomic E-state index is 0.526. The van der Waals surface area contributed by atoms with Gasteiger partial charge in [0.2, 0.25) is 0 Å². The predicted molar refractivity (Wildman–Crippen MR) is 81.5 cm³/mol. The van der Waals surface area contributed by atoms with Crippen LogP contribution in [-0.2, 0) is 6.42 Å². The maximum Gasteiger partial charge on any atom is 0.145 e. The van der Waals surface area contributed by atoms with Gasteiger partial charge >= 0.3 is 0 Å². The predicted octanol–water partition coefficient (Wildman–Crippen LogP) is 2.66. The molecule has 0 saturated heterocycles. The molecule has 1 aliphatic rings. The van der Waals surface area contributed by atoms with Crippen LogP contribution in [-0.4, -0.2) is 25.5 Å². The lowest BCUT2D eigenvalue weighted by molar-refractivity contribution is 0.373. The maximum atomic E-state index is 5.70. The van der Waals surface area contributed by atoms with Crippen molar-refractivity contribution in [1.82, 2.24) is 5.32 Å². The second-order valence-electron chi connectivity index (χ2n) is 4.85. The van der Waals surface area contributed by atoms with Crippen molar-refractivity contribution in [1.29, 1.82) is 0 Å². The molecule has 0 unspecified atom stereocenters. The third-order valence-electron chi connectivity index (χ3n) is 3.29. The fraction of sp³-hybridized carbons (Fsp3) is 0.235. The van der Waals surface area contributed by atoms with E-state index in [-0.39, 0.29) is 0 Å². The topological polar surface area (TPSA) is 33.6 Å². The van der Waals surface area contributed by atoms with Crippen LogP contribution < -0.4 is 10.1 Å². The molecule has 20 heavy (non-hydrogen) atoms. The number of ether oxygens (including phenoxy) is 1. The molecule has 2 aromatic carbocycles. The molecule has 0 fully saturated rings. The summed E-state index contributed by atoms with van der Waals surface area (Å²) in [6.45, 7) is 2.31. The van der Waals surface area contributed by atoms with Crippen LogP contribution >= 0.6 is 0 Å². The van der Waals surface area contributed by atoms with Crippen LogP contribution in [0.2, 0.25) is 0 Å². The molecular weight excluding hydrogens is 248 g/mol. The van der Waals surface area contributed by atoms with Gasteiger partial charge in [-0.2, -0.15) is 0 Å². The average Bonchev–Trinajstić information content (AvgIpc) is 3.01. The van der Waals surface area contributed by atoms with Crippen molar-refractivity contribution in [2.75, 3.05) is 19.7 Å². The summed E-state index contributed by atoms with van der Waals surface area (Å²) in [5.74, 6) is 1.83. The van der Waals surface area contributed by atoms with E-state index in [1.807, 2.05) is 18.2 Å². The highest BCUT2D eigenvalue weighted by atomic mass is 16.5. The lowest BCUT2D eigenvalue weighted by Crippen LogP contribution is -2.24. The zero-order valence-corrected chi connectivity index (χ0v) is 11.4. The fourth-order valence-corrected chi connectivity index (χ4v) is 2.23. The highest BCUT2D eigenvalue weighted by Crippen LogP contribution is 2.15. The van der Waals surface area contributed by atoms with Crippen molar-refractivity contribution in [2.24, 2.45) is 4.99 Å². The van der Waals surface area contributed by atoms with E-state index in [0.29, 0.717) is 6.61 Å². The van der Waals surface area contributed by atoms with E-state index in [4.69, 9.17) is 4.74 Å². The number of amidine groups is 1. The minimum atomic E-state index is 0.526. The van der Waals surface area contributed by atoms with Gasteiger partial charge in [0.25, 0.3) is 0 Å². The van der Waals surface area contributed by atoms with Gasteiger partial charge in [-0.3, -0.25) is 4.99 Å². The van der Waals surface area contributed by atoms with Crippen LogP contribution in [0, 0.1) is 0 Å². The molecule has 0 saturated carbocycles. The normalized spacial score (nSPS) is 13.7. The van der Waals surface area contributed by atoms with Crippen molar-refractivity contribution in [3.63, 3.8) is 0 Å². The first-order valence-corrected chi connectivity index (χ1v) is 6.93. The summed E-state index contributed by atoms with van der Waals surface area (Å²) in [5.41, 5.74) is 2.62. The second-order valence-corrected chi connectivity index (χ2v) is 4.85. The molecule has 0 amide bonds. The van der Waals surface area contributed by atoms with Gasteiger partial charge < -0.3 is 10.1 Å². The number of rotatable bonds is 5. The van der Waals surface area contributed by atoms with Gasteiger partial charge in [0, 0.05) is 6.54 Å². The van der Waals surface area contributed by atoms with Crippen LogP contribution in [0.15, 0.2) is 59.6 Å². The van der Waals surface area contributed by atoms with Crippen molar-refractivity contribution in [3.8, 4) is 5.75 Å². The Morgan fingerprint density at radius 1 is 0.950 bits per heavy atom. The van der Waals surface area contributed by atoms with Gasteiger partial charge in [-0.1, -0.05) is 42.5 Å². The Labute approximate surface area is 119 Å². The summed E-state index contributed by atoms with van der Waals surface area (Å²) in [6, 6.07) is 18.8. The SMILES string of the molecule is c1ccc(Cc2ccc(OCC3=NCCN3)cc2)cc1. The molecule has 0 spiro atoms. The van der Waals surface area contributed by atoms with Crippen LogP contribution in [0.1, 0.15) is 11.1 Å². The maximum absolute atomic E-state index is 5.70. The van der Waals surface area contributed by atoms with E-state index in [1.165, 1.54) is 11.1 Å². The summed E-state index contributed by atoms with van der Waals surface area (Å²) in [6.07, 6.45) is 0.954. The third kappa shape index (κ3) is 3.38. The number of aliphatic imine (C=N–C) groups is 1. The lowest BCUT2D eigenvalue weighted by atomic mass is 10.1. The molecule has 1 N–H and O–H groups in total. The molecule has 0 radical (unpaired) electrons. The molecule has 1 heterocycles. The first-order chi connectivity index (χ1) is 9.90. The first-order valence-electron chi connectivity index (χ1n) is 6.93. The Kier molecular flexibility index (Phi) is 3.97. The average molecular weight is 266 g/mol. The van der Waals surface area contributed by atoms with E-state index in [9.17, 15) is 0 Å². The number of nitrogens with one attached hydrogen (secondary N) is 1. The molecule has 2 aromatic rings. The van der Waals surface area contributed by atoms with E-state index in [1.54, 1.807) is 0 Å². The van der Waals surface area contributed by atoms with Crippen molar-refractivity contribution in [2.45, 2.75) is 6.42 Å². The minimum Gasteiger partial charge on any atom is -0.486 e. The Morgan fingerprint density at radius 3 is 2.40 bits per heavy atom. The number of hydrogen-bond acceptors (Lipinski definition) is 3. The molecular formula is C17H18N2O. The van der Waals surface area contributed by atoms with Gasteiger partial charge in [0.15, 0.2) is 0 Å². The molecule has 0 aliphatic carbocycles. The van der Waals surface area contributed by atoms with E-state index >= 15 is 0 Å². The van der Waals surface area contributed by atoms with Crippen LogP contribution in [0.4, 0.5) is 0 Å². The molecule has 3 rings (SSSR count). The monoisotopic (exact) mass is 266 g/mol. The highest BCUT2D eigenvalue weighted by Gasteiger charge is 2.05. The quantitative estimate of drug-likeness (QED) is 0.902. The van der Waals surface area contributed by atoms with Gasteiger partial charge in [-0.15, -0.1) is 0 Å². The molecule has 102 valence electrons. The van der Waals surface area contributed by atoms with E-state index in [0.717, 1.165) is 31.1 Å². The fourth-order valence-electron chi connectivity index (χ4n) is 2.23. The van der Waals surface area contributed by atoms with Gasteiger partial charge in [-0.25, -0.2) is 0 Å². The van der Waals surface area contributed by atoms with Crippen LogP contribution in [0.25, 0.3) is 0 Å². The highest BCUT2D eigenvalue weighted by molar-refractivity contribution is 5.84. The zero-order chi connectivity index (χ0) is 13.6. The first kappa shape index (κ1) is 12.7. The molecule has 3 nitrogen and oxygen atoms in total. The lowest BCUT2D eigenvalue weighted by Gasteiger charge is -2.07. The molecule has 3 heteroatoms. The Morgan fingerprint density at radius 2 is 1.70 bits per heavy atom. The number of benzene rings is 2. The van der Waals surface area contributed by atoms with Crippen LogP contribution in [0.5, 0.6) is 5.75 Å². The summed E-state index contributed by atoms with van der Waals surface area (Å²) < 4.78 is 5.70. The molecule has 0 bridgehead atoms. The smallest absolute Gasteiger partial charge is 0.145 e. The van der Waals surface area contributed by atoms with Crippen LogP contribution in [0.3, 0.4) is 0 Å². The zero-order valence-electron chi connectivity index (χ0n) is 11.4. The Bertz CT molecular complexity index is 576. The largest absolute Gasteiger partial charge is 0.486 e. The Balaban J connectivity index is 1.57. The summed E-state index contributed by atoms with van der Waals surface area (Å²) >= 11 is 0. The van der Waals surface area contributed by atoms with Crippen molar-refractivity contribution >= 4 is 5.84 Å². The number of nitrogens with zero attached hydrogens (tertiary/aromatic N) is 1. The van der Waals surface area contributed by atoms with E-state index < -0.39 is 0 Å². The summed E-state index contributed by atoms with van der Waals surface area (Å²) in [4.78, 5) is 4.30. The van der Waals surface area contributed by atoms with Gasteiger partial charge in [-0.05, 0) is 29.7 Å². The second kappa shape index (κ2) is 6.24. The van der Waals surface area contributed by atoms with Crippen molar-refractivity contribution in [3.05, 3.63) is 65.7 Å². The van der Waals surface area contributed by atoms with Gasteiger partial charge in [0.1, 0.15) is 18.2 Å².